The highest BCUT2D eigenvalue weighted by Crippen LogP contribution is 2.30. The zero-order chi connectivity index (χ0) is 16.7. The van der Waals surface area contributed by atoms with Crippen LogP contribution in [0.4, 0.5) is 10.2 Å². The van der Waals surface area contributed by atoms with Crippen LogP contribution in [0.15, 0.2) is 55.1 Å². The maximum Gasteiger partial charge on any atom is 0.141 e. The molecule has 0 saturated heterocycles. The lowest BCUT2D eigenvalue weighted by molar-refractivity contribution is 0.622. The Balaban J connectivity index is 1.88. The molecule has 0 aliphatic carbocycles. The summed E-state index contributed by atoms with van der Waals surface area (Å²) in [5, 5.41) is 0. The zero-order valence-electron chi connectivity index (χ0n) is 12.9. The molecule has 0 atom stereocenters. The molecule has 0 saturated carbocycles. The molecule has 4 heterocycles. The summed E-state index contributed by atoms with van der Waals surface area (Å²) < 4.78 is 15.1. The molecule has 0 fully saturated rings. The van der Waals surface area contributed by atoms with Crippen molar-refractivity contribution in [3.63, 3.8) is 0 Å². The van der Waals surface area contributed by atoms with Gasteiger partial charge in [0, 0.05) is 29.2 Å². The number of pyridine rings is 2. The summed E-state index contributed by atoms with van der Waals surface area (Å²) in [6.45, 7) is 2.01. The van der Waals surface area contributed by atoms with E-state index in [1.165, 1.54) is 12.3 Å². The van der Waals surface area contributed by atoms with Gasteiger partial charge in [-0.25, -0.2) is 9.37 Å². The highest BCUT2D eigenvalue weighted by atomic mass is 19.1. The van der Waals surface area contributed by atoms with Gasteiger partial charge in [-0.1, -0.05) is 0 Å². The molecule has 6 heteroatoms. The Hall–Kier alpha value is -3.28. The van der Waals surface area contributed by atoms with Gasteiger partial charge in [0.15, 0.2) is 0 Å². The van der Waals surface area contributed by atoms with E-state index in [4.69, 9.17) is 5.73 Å². The summed E-state index contributed by atoms with van der Waals surface area (Å²) >= 11 is 0. The van der Waals surface area contributed by atoms with Crippen LogP contribution in [0.25, 0.3) is 28.0 Å². The number of halogens is 1. The molecule has 4 aromatic heterocycles. The summed E-state index contributed by atoms with van der Waals surface area (Å²) in [5.74, 6) is 0.121. The molecule has 0 aliphatic heterocycles. The maximum absolute atomic E-state index is 13.0. The average Bonchev–Trinajstić information content (AvgIpc) is 2.92. The first-order valence-corrected chi connectivity index (χ1v) is 7.44. The first-order chi connectivity index (χ1) is 11.6. The molecule has 0 unspecified atom stereocenters. The first-order valence-electron chi connectivity index (χ1n) is 7.44. The maximum atomic E-state index is 13.0. The molecule has 0 bridgehead atoms. The summed E-state index contributed by atoms with van der Waals surface area (Å²) in [4.78, 5) is 12.7. The van der Waals surface area contributed by atoms with E-state index in [-0.39, 0.29) is 5.82 Å². The Morgan fingerprint density at radius 1 is 1.00 bits per heavy atom. The van der Waals surface area contributed by atoms with E-state index in [1.54, 1.807) is 18.5 Å². The smallest absolute Gasteiger partial charge is 0.141 e. The van der Waals surface area contributed by atoms with Gasteiger partial charge in [0.25, 0.3) is 0 Å². The SMILES string of the molecule is Cc1c(-c2cccnc2N)cc2cnc(-c3ccc(F)cn3)cn12. The number of rotatable bonds is 2. The topological polar surface area (TPSA) is 69.1 Å². The van der Waals surface area contributed by atoms with Crippen LogP contribution in [0.3, 0.4) is 0 Å². The predicted octanol–water partition coefficient (Wildman–Crippen LogP) is 3.49. The van der Waals surface area contributed by atoms with Gasteiger partial charge in [0.1, 0.15) is 17.3 Å². The van der Waals surface area contributed by atoms with Crippen LogP contribution < -0.4 is 5.73 Å². The van der Waals surface area contributed by atoms with E-state index in [9.17, 15) is 4.39 Å². The van der Waals surface area contributed by atoms with E-state index in [2.05, 4.69) is 15.0 Å². The van der Waals surface area contributed by atoms with E-state index >= 15 is 0 Å². The Kier molecular flexibility index (Phi) is 3.23. The fourth-order valence-electron chi connectivity index (χ4n) is 2.78. The van der Waals surface area contributed by atoms with Crippen molar-refractivity contribution in [3.05, 3.63) is 66.6 Å². The van der Waals surface area contributed by atoms with Crippen LogP contribution in [0.2, 0.25) is 0 Å². The number of nitrogen functional groups attached to an aromatic ring is 1. The number of aromatic nitrogens is 4. The van der Waals surface area contributed by atoms with Crippen LogP contribution in [-0.2, 0) is 0 Å². The van der Waals surface area contributed by atoms with Gasteiger partial charge < -0.3 is 10.1 Å². The molecule has 24 heavy (non-hydrogen) atoms. The molecule has 2 N–H and O–H groups in total. The summed E-state index contributed by atoms with van der Waals surface area (Å²) in [6.07, 6.45) is 6.51. The van der Waals surface area contributed by atoms with Crippen molar-refractivity contribution in [2.75, 3.05) is 5.73 Å². The minimum atomic E-state index is -0.369. The third-order valence-corrected chi connectivity index (χ3v) is 4.03. The van der Waals surface area contributed by atoms with E-state index in [1.807, 2.05) is 35.7 Å². The van der Waals surface area contributed by atoms with Crippen LogP contribution in [0, 0.1) is 12.7 Å². The number of hydrogen-bond donors (Lipinski definition) is 1. The molecule has 4 aromatic rings. The molecule has 0 amide bonds. The number of aryl methyl sites for hydroxylation is 1. The fraction of sp³-hybridized carbons (Fsp3) is 0.0556. The van der Waals surface area contributed by atoms with Crippen molar-refractivity contribution in [1.82, 2.24) is 19.4 Å². The summed E-state index contributed by atoms with van der Waals surface area (Å²) in [5.41, 5.74) is 11.1. The molecule has 5 nitrogen and oxygen atoms in total. The average molecular weight is 319 g/mol. The fourth-order valence-corrected chi connectivity index (χ4v) is 2.78. The minimum absolute atomic E-state index is 0.369. The van der Waals surface area contributed by atoms with E-state index in [0.29, 0.717) is 17.2 Å². The lowest BCUT2D eigenvalue weighted by Gasteiger charge is -2.05. The van der Waals surface area contributed by atoms with Gasteiger partial charge in [0.05, 0.1) is 23.6 Å². The van der Waals surface area contributed by atoms with Gasteiger partial charge in [-0.05, 0) is 37.3 Å². The van der Waals surface area contributed by atoms with Crippen LogP contribution in [0.1, 0.15) is 5.69 Å². The monoisotopic (exact) mass is 319 g/mol. The van der Waals surface area contributed by atoms with Gasteiger partial charge in [0.2, 0.25) is 0 Å². The normalized spacial score (nSPS) is 11.1. The quantitative estimate of drug-likeness (QED) is 0.614. The molecule has 0 aromatic carbocycles. The number of fused-ring (bicyclic) bond motifs is 1. The van der Waals surface area contributed by atoms with Crippen LogP contribution in [-0.4, -0.2) is 19.4 Å². The van der Waals surface area contributed by atoms with Gasteiger partial charge in [-0.15, -0.1) is 0 Å². The number of hydrogen-bond acceptors (Lipinski definition) is 4. The highest BCUT2D eigenvalue weighted by Gasteiger charge is 2.13. The largest absolute Gasteiger partial charge is 0.383 e. The standard InChI is InChI=1S/C18H14FN5/c1-11-15(14-3-2-6-21-18(14)20)7-13-9-23-17(10-24(11)13)16-5-4-12(19)8-22-16/h2-10H,1H3,(H2,20,21). The summed E-state index contributed by atoms with van der Waals surface area (Å²) in [7, 11) is 0. The summed E-state index contributed by atoms with van der Waals surface area (Å²) in [6, 6.07) is 8.82. The third kappa shape index (κ3) is 2.28. The highest BCUT2D eigenvalue weighted by molar-refractivity contribution is 5.80. The van der Waals surface area contributed by atoms with Crippen LogP contribution >= 0.6 is 0 Å². The van der Waals surface area contributed by atoms with Crippen molar-refractivity contribution in [3.8, 4) is 22.5 Å². The molecule has 118 valence electrons. The van der Waals surface area contributed by atoms with Crippen molar-refractivity contribution in [2.45, 2.75) is 6.92 Å². The van der Waals surface area contributed by atoms with Crippen molar-refractivity contribution < 1.29 is 4.39 Å². The molecule has 0 radical (unpaired) electrons. The Bertz CT molecular complexity index is 1040. The molecule has 4 rings (SSSR count). The Morgan fingerprint density at radius 2 is 1.83 bits per heavy atom. The second kappa shape index (κ2) is 5.42. The first kappa shape index (κ1) is 14.3. The van der Waals surface area contributed by atoms with Gasteiger partial charge in [-0.3, -0.25) is 9.97 Å². The third-order valence-electron chi connectivity index (χ3n) is 4.03. The minimum Gasteiger partial charge on any atom is -0.383 e. The number of nitrogens with zero attached hydrogens (tertiary/aromatic N) is 4. The van der Waals surface area contributed by atoms with Crippen molar-refractivity contribution in [2.24, 2.45) is 0 Å². The number of anilines is 1. The van der Waals surface area contributed by atoms with E-state index < -0.39 is 0 Å². The van der Waals surface area contributed by atoms with Crippen molar-refractivity contribution >= 4 is 11.3 Å². The molecular formula is C18H14FN5. The number of nitrogens with two attached hydrogens (primary N) is 1. The molecule has 0 aliphatic rings. The van der Waals surface area contributed by atoms with Gasteiger partial charge >= 0.3 is 0 Å². The zero-order valence-corrected chi connectivity index (χ0v) is 12.9. The molecular weight excluding hydrogens is 305 g/mol. The lowest BCUT2D eigenvalue weighted by atomic mass is 10.1. The Labute approximate surface area is 137 Å². The van der Waals surface area contributed by atoms with Crippen molar-refractivity contribution in [1.29, 1.82) is 0 Å². The van der Waals surface area contributed by atoms with Crippen LogP contribution in [0.5, 0.6) is 0 Å². The van der Waals surface area contributed by atoms with Gasteiger partial charge in [-0.2, -0.15) is 0 Å². The van der Waals surface area contributed by atoms with E-state index in [0.717, 1.165) is 22.3 Å². The lowest BCUT2D eigenvalue weighted by Crippen LogP contribution is -1.95. The molecule has 0 spiro atoms. The predicted molar refractivity (Wildman–Crippen MR) is 90.8 cm³/mol. The second-order valence-corrected chi connectivity index (χ2v) is 5.51. The second-order valence-electron chi connectivity index (χ2n) is 5.51. The Morgan fingerprint density at radius 3 is 2.58 bits per heavy atom.